The average Bonchev–Trinajstić information content (AvgIpc) is 3.15. The van der Waals surface area contributed by atoms with E-state index < -0.39 is 10.3 Å². The molecular weight excluding hydrogens is 537 g/mol. The summed E-state index contributed by atoms with van der Waals surface area (Å²) in [6.45, 7) is 8.43. The molecule has 0 spiro atoms. The summed E-state index contributed by atoms with van der Waals surface area (Å²) >= 11 is 0. The Morgan fingerprint density at radius 1 is 0.929 bits per heavy atom. The Morgan fingerprint density at radius 3 is 2.10 bits per heavy atom. The molecule has 0 aromatic heterocycles. The molecule has 2 aromatic rings. The molecule has 1 saturated heterocycles. The monoisotopic (exact) mass is 574 g/mol. The van der Waals surface area contributed by atoms with Crippen LogP contribution in [0.25, 0.3) is 6.08 Å². The Balaban J connectivity index is 0.00000484. The fraction of sp³-hybridized carbons (Fsp3) is 0.467. The van der Waals surface area contributed by atoms with Crippen molar-refractivity contribution in [3.05, 3.63) is 69.8 Å². The van der Waals surface area contributed by atoms with Gasteiger partial charge in [0.05, 0.1) is 63.2 Å². The Labute approximate surface area is 258 Å². The summed E-state index contributed by atoms with van der Waals surface area (Å²) in [5.41, 5.74) is 2.30. The van der Waals surface area contributed by atoms with Crippen molar-refractivity contribution < 1.29 is 57.2 Å². The van der Waals surface area contributed by atoms with Gasteiger partial charge in [-0.1, -0.05) is 24.3 Å². The van der Waals surface area contributed by atoms with Gasteiger partial charge in [-0.05, 0) is 25.5 Å². The molecule has 2 heterocycles. The predicted molar refractivity (Wildman–Crippen MR) is 151 cm³/mol. The minimum atomic E-state index is -0.528. The number of fused-ring (bicyclic) bond motifs is 1. The minimum absolute atomic E-state index is 0. The van der Waals surface area contributed by atoms with Crippen molar-refractivity contribution in [1.82, 2.24) is 4.90 Å². The third-order valence-corrected chi connectivity index (χ3v) is 7.20. The van der Waals surface area contributed by atoms with Crippen LogP contribution in [0.15, 0.2) is 48.5 Å². The van der Waals surface area contributed by atoms with Gasteiger partial charge >= 0.3 is 18.9 Å². The number of amides is 1. The van der Waals surface area contributed by atoms with Crippen LogP contribution in [0.4, 0.5) is 11.4 Å². The molecule has 1 fully saturated rings. The van der Waals surface area contributed by atoms with E-state index in [1.165, 1.54) is 18.2 Å². The Morgan fingerprint density at radius 2 is 1.50 bits per heavy atom. The summed E-state index contributed by atoms with van der Waals surface area (Å²) in [7, 11) is 0. The predicted octanol–water partition coefficient (Wildman–Crippen LogP) is -0.329. The SMILES string of the molecule is CC1(C)C(/C=C/c2cc([N+](=O)[O-])ccc2[O-])=[N+](CC(=O)N2CCOCCOCCOCCOCC2)c2ccccc21.[Li+]. The maximum absolute atomic E-state index is 13.7. The van der Waals surface area contributed by atoms with E-state index in [1.54, 1.807) is 17.1 Å². The van der Waals surface area contributed by atoms with Crippen LogP contribution in [-0.4, -0.2) is 98.5 Å². The third kappa shape index (κ3) is 8.50. The van der Waals surface area contributed by atoms with E-state index in [1.807, 2.05) is 28.8 Å². The average molecular weight is 575 g/mol. The van der Waals surface area contributed by atoms with Gasteiger partial charge in [-0.25, -0.2) is 0 Å². The van der Waals surface area contributed by atoms with Crippen molar-refractivity contribution >= 4 is 29.1 Å². The molecule has 0 atom stereocenters. The number of ether oxygens (including phenoxy) is 4. The number of benzene rings is 2. The first-order chi connectivity index (χ1) is 19.8. The van der Waals surface area contributed by atoms with Gasteiger partial charge in [0.15, 0.2) is 5.71 Å². The first-order valence-electron chi connectivity index (χ1n) is 13.8. The number of nitro groups is 1. The van der Waals surface area contributed by atoms with Crippen molar-refractivity contribution in [1.29, 1.82) is 0 Å². The molecule has 11 nitrogen and oxygen atoms in total. The zero-order chi connectivity index (χ0) is 29.2. The molecule has 2 aromatic carbocycles. The van der Waals surface area contributed by atoms with E-state index in [2.05, 4.69) is 13.8 Å². The molecule has 4 rings (SSSR count). The minimum Gasteiger partial charge on any atom is -0.872 e. The van der Waals surface area contributed by atoms with E-state index in [0.29, 0.717) is 65.9 Å². The molecular formula is C30H37LiN3O8+. The summed E-state index contributed by atoms with van der Waals surface area (Å²) in [6.07, 6.45) is 3.37. The first-order valence-corrected chi connectivity index (χ1v) is 13.8. The summed E-state index contributed by atoms with van der Waals surface area (Å²) < 4.78 is 24.3. The quantitative estimate of drug-likeness (QED) is 0.206. The Kier molecular flexibility index (Phi) is 12.7. The van der Waals surface area contributed by atoms with Crippen LogP contribution in [0.5, 0.6) is 5.75 Å². The summed E-state index contributed by atoms with van der Waals surface area (Å²) in [5, 5.41) is 23.7. The van der Waals surface area contributed by atoms with Crippen molar-refractivity contribution in [2.45, 2.75) is 19.3 Å². The number of rotatable bonds is 5. The second kappa shape index (κ2) is 16.0. The van der Waals surface area contributed by atoms with Crippen LogP contribution >= 0.6 is 0 Å². The Bertz CT molecular complexity index is 1280. The number of para-hydroxylation sites is 1. The number of hydrogen-bond acceptors (Lipinski definition) is 8. The van der Waals surface area contributed by atoms with Gasteiger partial charge in [0.2, 0.25) is 12.2 Å². The van der Waals surface area contributed by atoms with E-state index in [0.717, 1.165) is 17.0 Å². The smallest absolute Gasteiger partial charge is 0.872 e. The van der Waals surface area contributed by atoms with Gasteiger partial charge in [-0.3, -0.25) is 14.9 Å². The molecule has 0 aliphatic carbocycles. The normalized spacial score (nSPS) is 18.6. The molecule has 2 aliphatic rings. The molecule has 0 N–H and O–H groups in total. The van der Waals surface area contributed by atoms with Gasteiger partial charge < -0.3 is 29.0 Å². The summed E-state index contributed by atoms with van der Waals surface area (Å²) in [4.78, 5) is 26.2. The van der Waals surface area contributed by atoms with E-state index in [-0.39, 0.29) is 48.3 Å². The molecule has 42 heavy (non-hydrogen) atoms. The van der Waals surface area contributed by atoms with Crippen LogP contribution in [0, 0.1) is 10.1 Å². The Hall–Kier alpha value is -3.04. The number of allylic oxidation sites excluding steroid dienone is 1. The number of hydrogen-bond donors (Lipinski definition) is 0. The topological polar surface area (TPSA) is 126 Å². The largest absolute Gasteiger partial charge is 1.00 e. The third-order valence-electron chi connectivity index (χ3n) is 7.20. The van der Waals surface area contributed by atoms with Crippen LogP contribution in [0.2, 0.25) is 0 Å². The summed E-state index contributed by atoms with van der Waals surface area (Å²) in [6, 6.07) is 11.5. The van der Waals surface area contributed by atoms with Crippen LogP contribution < -0.4 is 24.0 Å². The van der Waals surface area contributed by atoms with E-state index in [9.17, 15) is 20.0 Å². The second-order valence-electron chi connectivity index (χ2n) is 10.3. The van der Waals surface area contributed by atoms with Gasteiger partial charge in [0.25, 0.3) is 11.6 Å². The standard InChI is InChI=1S/C30H37N3O8.Li/c1-30(2)25-5-3-4-6-26(25)32(28(30)10-7-23-21-24(33(36)37)8-9-27(23)34)22-29(35)31-11-13-38-15-17-40-19-20-41-18-16-39-14-12-31;/h3-10,21H,11-20,22H2,1-2H3;/q;+1. The van der Waals surface area contributed by atoms with Crippen molar-refractivity contribution in [2.75, 3.05) is 72.5 Å². The molecule has 0 unspecified atom stereocenters. The van der Waals surface area contributed by atoms with Gasteiger partial charge in [0.1, 0.15) is 0 Å². The zero-order valence-electron chi connectivity index (χ0n) is 24.6. The van der Waals surface area contributed by atoms with Crippen molar-refractivity contribution in [3.8, 4) is 5.75 Å². The fourth-order valence-corrected chi connectivity index (χ4v) is 4.97. The number of nitrogens with zero attached hydrogens (tertiary/aromatic N) is 3. The number of carbonyl (C=O) groups is 1. The first kappa shape index (κ1) is 33.5. The van der Waals surface area contributed by atoms with Gasteiger partial charge in [-0.15, -0.1) is 5.75 Å². The fourth-order valence-electron chi connectivity index (χ4n) is 4.97. The molecule has 0 bridgehead atoms. The van der Waals surface area contributed by atoms with Crippen molar-refractivity contribution in [2.24, 2.45) is 0 Å². The van der Waals surface area contributed by atoms with Gasteiger partial charge in [-0.2, -0.15) is 4.58 Å². The van der Waals surface area contributed by atoms with Crippen LogP contribution in [-0.2, 0) is 29.2 Å². The summed E-state index contributed by atoms with van der Waals surface area (Å²) in [5.74, 6) is -0.423. The number of non-ortho nitro benzene ring substituents is 1. The number of nitro benzene ring substituents is 1. The second-order valence-corrected chi connectivity index (χ2v) is 10.3. The van der Waals surface area contributed by atoms with Crippen LogP contribution in [0.1, 0.15) is 25.0 Å². The molecule has 0 radical (unpaired) electrons. The van der Waals surface area contributed by atoms with Crippen molar-refractivity contribution in [3.63, 3.8) is 0 Å². The molecule has 0 saturated carbocycles. The van der Waals surface area contributed by atoms with Crippen LogP contribution in [0.3, 0.4) is 0 Å². The molecule has 1 amide bonds. The molecule has 2 aliphatic heterocycles. The van der Waals surface area contributed by atoms with E-state index in [4.69, 9.17) is 18.9 Å². The zero-order valence-corrected chi connectivity index (χ0v) is 24.6. The maximum Gasteiger partial charge on any atom is 1.00 e. The molecule has 12 heteroatoms. The molecule has 220 valence electrons. The van der Waals surface area contributed by atoms with E-state index >= 15 is 0 Å². The van der Waals surface area contributed by atoms with Gasteiger partial charge in [0, 0.05) is 42.9 Å². The number of carbonyl (C=O) groups excluding carboxylic acids is 1. The maximum atomic E-state index is 13.7.